The van der Waals surface area contributed by atoms with Gasteiger partial charge < -0.3 is 20.5 Å². The van der Waals surface area contributed by atoms with Gasteiger partial charge in [0.2, 0.25) is 0 Å². The van der Waals surface area contributed by atoms with Gasteiger partial charge in [0.05, 0.1) is 6.10 Å². The number of halogens is 1. The van der Waals surface area contributed by atoms with Gasteiger partial charge in [0.25, 0.3) is 0 Å². The van der Waals surface area contributed by atoms with Gasteiger partial charge in [-0.25, -0.2) is 4.39 Å². The van der Waals surface area contributed by atoms with Crippen LogP contribution in [0.25, 0.3) is 10.8 Å². The fourth-order valence-electron chi connectivity index (χ4n) is 3.11. The predicted octanol–water partition coefficient (Wildman–Crippen LogP) is 3.62. The Kier molecular flexibility index (Phi) is 7.37. The van der Waals surface area contributed by atoms with E-state index in [0.29, 0.717) is 18.7 Å². The van der Waals surface area contributed by atoms with Crippen LogP contribution in [0.4, 0.5) is 4.39 Å². The van der Waals surface area contributed by atoms with E-state index >= 15 is 0 Å². The average Bonchev–Trinajstić information content (AvgIpc) is 2.70. The van der Waals surface area contributed by atoms with Crippen LogP contribution in [0.1, 0.15) is 18.1 Å². The van der Waals surface area contributed by atoms with Crippen molar-refractivity contribution >= 4 is 10.8 Å². The maximum atomic E-state index is 13.9. The Morgan fingerprint density at radius 1 is 0.964 bits per heavy atom. The molecule has 1 atom stereocenters. The summed E-state index contributed by atoms with van der Waals surface area (Å²) in [7, 11) is 0. The molecule has 3 rings (SSSR count). The molecule has 5 heteroatoms. The molecule has 3 N–H and O–H groups in total. The highest BCUT2D eigenvalue weighted by atomic mass is 19.1. The van der Waals surface area contributed by atoms with E-state index in [-0.39, 0.29) is 18.5 Å². The highest BCUT2D eigenvalue weighted by Crippen LogP contribution is 2.29. The fraction of sp³-hybridized carbons (Fsp3) is 0.304. The van der Waals surface area contributed by atoms with Gasteiger partial charge in [0.15, 0.2) is 0 Å². The van der Waals surface area contributed by atoms with Gasteiger partial charge in [0.1, 0.15) is 18.2 Å². The van der Waals surface area contributed by atoms with Gasteiger partial charge in [-0.2, -0.15) is 0 Å². The highest BCUT2D eigenvalue weighted by Gasteiger charge is 2.10. The Morgan fingerprint density at radius 3 is 2.54 bits per heavy atom. The maximum Gasteiger partial charge on any atom is 0.129 e. The molecule has 0 aromatic heterocycles. The van der Waals surface area contributed by atoms with E-state index in [4.69, 9.17) is 4.74 Å². The SMILES string of the molecule is C[C@@H](O)CNCCNCc1c(OCc2ccccc2F)ccc2ccccc12. The lowest BCUT2D eigenvalue weighted by Crippen LogP contribution is -2.31. The van der Waals surface area contributed by atoms with E-state index in [0.717, 1.165) is 35.2 Å². The number of fused-ring (bicyclic) bond motifs is 1. The molecule has 148 valence electrons. The summed E-state index contributed by atoms with van der Waals surface area (Å²) in [5.41, 5.74) is 1.60. The van der Waals surface area contributed by atoms with E-state index in [1.807, 2.05) is 30.3 Å². The summed E-state index contributed by atoms with van der Waals surface area (Å²) in [6.07, 6.45) is -0.351. The van der Waals surface area contributed by atoms with Gasteiger partial charge >= 0.3 is 0 Å². The zero-order valence-electron chi connectivity index (χ0n) is 16.1. The van der Waals surface area contributed by atoms with E-state index in [2.05, 4.69) is 22.8 Å². The van der Waals surface area contributed by atoms with Crippen molar-refractivity contribution in [1.82, 2.24) is 10.6 Å². The molecule has 0 heterocycles. The third kappa shape index (κ3) is 5.52. The largest absolute Gasteiger partial charge is 0.488 e. The normalized spacial score (nSPS) is 12.2. The molecule has 0 aliphatic rings. The molecule has 4 nitrogen and oxygen atoms in total. The monoisotopic (exact) mass is 382 g/mol. The Hall–Kier alpha value is -2.47. The number of benzene rings is 3. The summed E-state index contributed by atoms with van der Waals surface area (Å²) >= 11 is 0. The first-order valence-corrected chi connectivity index (χ1v) is 9.61. The lowest BCUT2D eigenvalue weighted by atomic mass is 10.0. The van der Waals surface area contributed by atoms with Crippen LogP contribution in [0.2, 0.25) is 0 Å². The van der Waals surface area contributed by atoms with Crippen LogP contribution in [0.15, 0.2) is 60.7 Å². The topological polar surface area (TPSA) is 53.5 Å². The summed E-state index contributed by atoms with van der Waals surface area (Å²) in [5, 5.41) is 18.2. The number of ether oxygens (including phenoxy) is 1. The van der Waals surface area contributed by atoms with Crippen molar-refractivity contribution in [2.45, 2.75) is 26.2 Å². The molecule has 3 aromatic carbocycles. The fourth-order valence-corrected chi connectivity index (χ4v) is 3.11. The number of aliphatic hydroxyl groups excluding tert-OH is 1. The molecule has 0 saturated carbocycles. The van der Waals surface area contributed by atoms with E-state index in [9.17, 15) is 9.50 Å². The van der Waals surface area contributed by atoms with Crippen molar-refractivity contribution in [2.75, 3.05) is 19.6 Å². The highest BCUT2D eigenvalue weighted by molar-refractivity contribution is 5.87. The van der Waals surface area contributed by atoms with Gasteiger partial charge in [0, 0.05) is 37.3 Å². The second-order valence-corrected chi connectivity index (χ2v) is 6.87. The molecule has 0 radical (unpaired) electrons. The molecule has 0 spiro atoms. The Balaban J connectivity index is 1.70. The lowest BCUT2D eigenvalue weighted by Gasteiger charge is -2.16. The number of hydrogen-bond acceptors (Lipinski definition) is 4. The van der Waals surface area contributed by atoms with Crippen molar-refractivity contribution in [3.8, 4) is 5.75 Å². The van der Waals surface area contributed by atoms with E-state index in [1.165, 1.54) is 6.07 Å². The van der Waals surface area contributed by atoms with Crippen LogP contribution in [0, 0.1) is 5.82 Å². The Morgan fingerprint density at radius 2 is 1.71 bits per heavy atom. The summed E-state index contributed by atoms with van der Waals surface area (Å²) in [6.45, 7) is 4.70. The van der Waals surface area contributed by atoms with Crippen molar-refractivity contribution in [2.24, 2.45) is 0 Å². The van der Waals surface area contributed by atoms with Crippen molar-refractivity contribution in [3.63, 3.8) is 0 Å². The minimum absolute atomic E-state index is 0.188. The number of aliphatic hydroxyl groups is 1. The first kappa shape index (κ1) is 20.3. The molecule has 0 unspecified atom stereocenters. The van der Waals surface area contributed by atoms with Crippen molar-refractivity contribution in [3.05, 3.63) is 77.6 Å². The van der Waals surface area contributed by atoms with Gasteiger partial charge in [-0.15, -0.1) is 0 Å². The molecule has 0 fully saturated rings. The number of rotatable bonds is 10. The first-order chi connectivity index (χ1) is 13.6. The lowest BCUT2D eigenvalue weighted by molar-refractivity contribution is 0.191. The Labute approximate surface area is 165 Å². The maximum absolute atomic E-state index is 13.9. The second kappa shape index (κ2) is 10.2. The smallest absolute Gasteiger partial charge is 0.129 e. The average molecular weight is 382 g/mol. The Bertz CT molecular complexity index is 899. The first-order valence-electron chi connectivity index (χ1n) is 9.61. The summed E-state index contributed by atoms with van der Waals surface area (Å²) in [6, 6.07) is 18.8. The summed E-state index contributed by atoms with van der Waals surface area (Å²) < 4.78 is 19.9. The minimum atomic E-state index is -0.351. The van der Waals surface area contributed by atoms with Crippen LogP contribution < -0.4 is 15.4 Å². The van der Waals surface area contributed by atoms with Crippen LogP contribution in [-0.4, -0.2) is 30.8 Å². The number of hydrogen-bond donors (Lipinski definition) is 3. The van der Waals surface area contributed by atoms with Crippen LogP contribution >= 0.6 is 0 Å². The van der Waals surface area contributed by atoms with E-state index in [1.54, 1.807) is 19.1 Å². The molecule has 0 amide bonds. The van der Waals surface area contributed by atoms with Gasteiger partial charge in [-0.3, -0.25) is 0 Å². The zero-order valence-corrected chi connectivity index (χ0v) is 16.1. The minimum Gasteiger partial charge on any atom is -0.488 e. The molecule has 0 bridgehead atoms. The van der Waals surface area contributed by atoms with Crippen LogP contribution in [0.5, 0.6) is 5.75 Å². The number of nitrogens with one attached hydrogen (secondary N) is 2. The second-order valence-electron chi connectivity index (χ2n) is 6.87. The molecular weight excluding hydrogens is 355 g/mol. The molecular formula is C23H27FN2O2. The molecule has 3 aromatic rings. The molecule has 0 aliphatic heterocycles. The third-order valence-electron chi connectivity index (χ3n) is 4.56. The van der Waals surface area contributed by atoms with Crippen molar-refractivity contribution in [1.29, 1.82) is 0 Å². The quantitative estimate of drug-likeness (QED) is 0.469. The van der Waals surface area contributed by atoms with Crippen molar-refractivity contribution < 1.29 is 14.2 Å². The molecule has 28 heavy (non-hydrogen) atoms. The van der Waals surface area contributed by atoms with Gasteiger partial charge in [-0.05, 0) is 29.8 Å². The summed E-state index contributed by atoms with van der Waals surface area (Å²) in [4.78, 5) is 0. The van der Waals surface area contributed by atoms with Crippen LogP contribution in [-0.2, 0) is 13.2 Å². The molecule has 0 saturated heterocycles. The zero-order chi connectivity index (χ0) is 19.8. The third-order valence-corrected chi connectivity index (χ3v) is 4.56. The standard InChI is InChI=1S/C23H27FN2O2/c1-17(27)14-25-12-13-26-15-21-20-8-4-2-6-18(20)10-11-23(21)28-16-19-7-3-5-9-22(19)24/h2-11,17,25-27H,12-16H2,1H3/t17-/m1/s1. The predicted molar refractivity (Wildman–Crippen MR) is 111 cm³/mol. The van der Waals surface area contributed by atoms with Crippen LogP contribution in [0.3, 0.4) is 0 Å². The van der Waals surface area contributed by atoms with E-state index < -0.39 is 0 Å². The van der Waals surface area contributed by atoms with Gasteiger partial charge in [-0.1, -0.05) is 48.5 Å². The molecule has 0 aliphatic carbocycles. The summed E-state index contributed by atoms with van der Waals surface area (Å²) in [5.74, 6) is 0.499.